The molecule has 0 bridgehead atoms. The van der Waals surface area contributed by atoms with Crippen molar-refractivity contribution in [3.05, 3.63) is 48.0 Å². The maximum absolute atomic E-state index is 12.6. The third kappa shape index (κ3) is 3.46. The molecule has 1 atom stereocenters. The second-order valence-electron chi connectivity index (χ2n) is 6.03. The summed E-state index contributed by atoms with van der Waals surface area (Å²) in [7, 11) is 1.72. The van der Waals surface area contributed by atoms with E-state index in [0.29, 0.717) is 17.9 Å². The van der Waals surface area contributed by atoms with Crippen molar-refractivity contribution < 1.29 is 9.59 Å². The number of carbonyl (C=O) groups excluding carboxylic acids is 2. The van der Waals surface area contributed by atoms with Gasteiger partial charge in [0.05, 0.1) is 17.4 Å². The minimum Gasteiger partial charge on any atom is -0.364 e. The molecular weight excluding hydrogens is 306 g/mol. The molecule has 0 aliphatic carbocycles. The molecule has 1 fully saturated rings. The highest BCUT2D eigenvalue weighted by molar-refractivity contribution is 5.97. The molecule has 2 amide bonds. The molecule has 3 N–H and O–H groups in total. The number of anilines is 1. The number of hydrogen-bond acceptors (Lipinski definition) is 4. The Bertz CT molecular complexity index is 741. The average Bonchev–Trinajstić information content (AvgIpc) is 3.15. The van der Waals surface area contributed by atoms with Crippen LogP contribution in [0.3, 0.4) is 0 Å². The van der Waals surface area contributed by atoms with Crippen molar-refractivity contribution in [2.75, 3.05) is 11.9 Å². The molecule has 2 aromatic heterocycles. The normalized spacial score (nSPS) is 17.8. The molecule has 3 rings (SSSR count). The second-order valence-corrected chi connectivity index (χ2v) is 6.03. The van der Waals surface area contributed by atoms with Crippen LogP contribution >= 0.6 is 0 Å². The van der Waals surface area contributed by atoms with E-state index < -0.39 is 5.91 Å². The first-order chi connectivity index (χ1) is 11.5. The Balaban J connectivity index is 1.67. The lowest BCUT2D eigenvalue weighted by atomic mass is 10.2. The highest BCUT2D eigenvalue weighted by Crippen LogP contribution is 2.21. The number of nitrogens with two attached hydrogens (primary N) is 1. The van der Waals surface area contributed by atoms with Crippen molar-refractivity contribution in [2.24, 2.45) is 12.8 Å². The number of primary amides is 1. The average molecular weight is 327 g/mol. The Hall–Kier alpha value is -2.67. The second kappa shape index (κ2) is 6.84. The van der Waals surface area contributed by atoms with E-state index in [4.69, 9.17) is 5.73 Å². The van der Waals surface area contributed by atoms with Crippen LogP contribution in [-0.4, -0.2) is 38.9 Å². The molecule has 3 heterocycles. The molecule has 1 aliphatic rings. The predicted molar refractivity (Wildman–Crippen MR) is 90.2 cm³/mol. The van der Waals surface area contributed by atoms with Crippen molar-refractivity contribution in [1.82, 2.24) is 14.5 Å². The zero-order valence-electron chi connectivity index (χ0n) is 13.6. The topological polar surface area (TPSA) is 93.2 Å². The number of pyridine rings is 1. The molecule has 24 heavy (non-hydrogen) atoms. The fraction of sp³-hybridized carbons (Fsp3) is 0.353. The van der Waals surface area contributed by atoms with Gasteiger partial charge in [-0.25, -0.2) is 0 Å². The van der Waals surface area contributed by atoms with Crippen molar-refractivity contribution in [3.63, 3.8) is 0 Å². The van der Waals surface area contributed by atoms with Gasteiger partial charge in [-0.3, -0.25) is 19.5 Å². The van der Waals surface area contributed by atoms with Gasteiger partial charge in [0.25, 0.3) is 5.91 Å². The largest absolute Gasteiger partial charge is 0.364 e. The molecule has 0 aromatic carbocycles. The van der Waals surface area contributed by atoms with Crippen molar-refractivity contribution >= 4 is 17.5 Å². The highest BCUT2D eigenvalue weighted by Gasteiger charge is 2.31. The predicted octanol–water partition coefficient (Wildman–Crippen LogP) is 1.12. The number of carbonyl (C=O) groups is 2. The summed E-state index contributed by atoms with van der Waals surface area (Å²) in [5.74, 6) is -0.583. The number of nitrogens with one attached hydrogen (secondary N) is 1. The molecule has 0 saturated carbocycles. The first kappa shape index (κ1) is 16.2. The lowest BCUT2D eigenvalue weighted by Gasteiger charge is -2.23. The molecule has 126 valence electrons. The lowest BCUT2D eigenvalue weighted by Crippen LogP contribution is -2.39. The van der Waals surface area contributed by atoms with Crippen LogP contribution in [0.15, 0.2) is 36.7 Å². The molecule has 1 aliphatic heterocycles. The summed E-state index contributed by atoms with van der Waals surface area (Å²) >= 11 is 0. The van der Waals surface area contributed by atoms with Crippen molar-refractivity contribution in [1.29, 1.82) is 0 Å². The van der Waals surface area contributed by atoms with E-state index in [9.17, 15) is 9.59 Å². The van der Waals surface area contributed by atoms with Crippen LogP contribution in [0.1, 0.15) is 29.0 Å². The zero-order valence-corrected chi connectivity index (χ0v) is 13.6. The van der Waals surface area contributed by atoms with E-state index in [1.807, 2.05) is 18.2 Å². The first-order valence-corrected chi connectivity index (χ1v) is 7.95. The van der Waals surface area contributed by atoms with E-state index >= 15 is 0 Å². The Kier molecular flexibility index (Phi) is 4.61. The number of nitrogens with zero attached hydrogens (tertiary/aromatic N) is 3. The van der Waals surface area contributed by atoms with E-state index in [2.05, 4.69) is 15.2 Å². The van der Waals surface area contributed by atoms with Gasteiger partial charge in [-0.2, -0.15) is 0 Å². The van der Waals surface area contributed by atoms with Gasteiger partial charge in [-0.1, -0.05) is 6.07 Å². The Labute approximate surface area is 140 Å². The van der Waals surface area contributed by atoms with Crippen molar-refractivity contribution in [2.45, 2.75) is 25.4 Å². The number of likely N-dealkylation sites (tertiary alicyclic amines) is 1. The lowest BCUT2D eigenvalue weighted by molar-refractivity contribution is -0.120. The van der Waals surface area contributed by atoms with Crippen LogP contribution in [0, 0.1) is 0 Å². The van der Waals surface area contributed by atoms with Crippen LogP contribution in [0.25, 0.3) is 0 Å². The third-order valence-corrected chi connectivity index (χ3v) is 4.28. The standard InChI is InChI=1S/C17H21N5O2/c1-21-10-13(9-15(21)16(18)23)20-17(24)14-6-4-8-22(14)11-12-5-2-3-7-19-12/h2-3,5,7,9-10,14H,4,6,8,11H2,1H3,(H2,18,23)(H,20,24). The van der Waals surface area contributed by atoms with Gasteiger partial charge in [-0.15, -0.1) is 0 Å². The maximum Gasteiger partial charge on any atom is 0.265 e. The van der Waals surface area contributed by atoms with Gasteiger partial charge in [0.1, 0.15) is 5.69 Å². The first-order valence-electron chi connectivity index (χ1n) is 7.95. The van der Waals surface area contributed by atoms with Gasteiger partial charge < -0.3 is 15.6 Å². The summed E-state index contributed by atoms with van der Waals surface area (Å²) in [6.45, 7) is 1.52. The van der Waals surface area contributed by atoms with Crippen molar-refractivity contribution in [3.8, 4) is 0 Å². The summed E-state index contributed by atoms with van der Waals surface area (Å²) in [4.78, 5) is 30.4. The van der Waals surface area contributed by atoms with Crippen LogP contribution in [0.2, 0.25) is 0 Å². The minimum absolute atomic E-state index is 0.0648. The quantitative estimate of drug-likeness (QED) is 0.860. The summed E-state index contributed by atoms with van der Waals surface area (Å²) in [6.07, 6.45) is 5.24. The molecule has 1 unspecified atom stereocenters. The van der Waals surface area contributed by atoms with Gasteiger partial charge in [0.2, 0.25) is 5.91 Å². The summed E-state index contributed by atoms with van der Waals surface area (Å²) in [5.41, 5.74) is 7.20. The minimum atomic E-state index is -0.518. The fourth-order valence-electron chi connectivity index (χ4n) is 3.12. The van der Waals surface area contributed by atoms with Gasteiger partial charge >= 0.3 is 0 Å². The molecular formula is C17H21N5O2. The number of aromatic nitrogens is 2. The van der Waals surface area contributed by atoms with E-state index in [1.165, 1.54) is 0 Å². The maximum atomic E-state index is 12.6. The summed E-state index contributed by atoms with van der Waals surface area (Å²) in [5, 5.41) is 2.89. The van der Waals surface area contributed by atoms with E-state index in [1.54, 1.807) is 30.1 Å². The summed E-state index contributed by atoms with van der Waals surface area (Å²) in [6, 6.07) is 7.19. The monoisotopic (exact) mass is 327 g/mol. The molecule has 0 radical (unpaired) electrons. The Morgan fingerprint density at radius 2 is 2.25 bits per heavy atom. The number of rotatable bonds is 5. The molecule has 7 nitrogen and oxygen atoms in total. The van der Waals surface area contributed by atoms with Crippen LogP contribution in [0.4, 0.5) is 5.69 Å². The fourth-order valence-corrected chi connectivity index (χ4v) is 3.12. The molecule has 7 heteroatoms. The summed E-state index contributed by atoms with van der Waals surface area (Å²) < 4.78 is 1.61. The van der Waals surface area contributed by atoms with Gasteiger partial charge in [0.15, 0.2) is 0 Å². The van der Waals surface area contributed by atoms with Gasteiger partial charge in [0, 0.05) is 26.0 Å². The van der Waals surface area contributed by atoms with Crippen LogP contribution < -0.4 is 11.1 Å². The molecule has 0 spiro atoms. The number of hydrogen-bond donors (Lipinski definition) is 2. The Morgan fingerprint density at radius 1 is 1.42 bits per heavy atom. The van der Waals surface area contributed by atoms with Crippen LogP contribution in [0.5, 0.6) is 0 Å². The van der Waals surface area contributed by atoms with Crippen LogP contribution in [-0.2, 0) is 18.4 Å². The van der Waals surface area contributed by atoms with Gasteiger partial charge in [-0.05, 0) is 37.6 Å². The smallest absolute Gasteiger partial charge is 0.265 e. The molecule has 1 saturated heterocycles. The van der Waals surface area contributed by atoms with E-state index in [0.717, 1.165) is 25.1 Å². The highest BCUT2D eigenvalue weighted by atomic mass is 16.2. The number of aryl methyl sites for hydroxylation is 1. The number of amides is 2. The van der Waals surface area contributed by atoms with E-state index in [-0.39, 0.29) is 11.9 Å². The Morgan fingerprint density at radius 3 is 2.92 bits per heavy atom. The zero-order chi connectivity index (χ0) is 17.1. The third-order valence-electron chi connectivity index (χ3n) is 4.28. The molecule has 2 aromatic rings. The SMILES string of the molecule is Cn1cc(NC(=O)C2CCCN2Cc2ccccn2)cc1C(N)=O.